The van der Waals surface area contributed by atoms with Crippen molar-refractivity contribution in [2.45, 2.75) is 19.3 Å². The third-order valence-electron chi connectivity index (χ3n) is 4.62. The Morgan fingerprint density at radius 3 is 2.21 bits per heavy atom. The van der Waals surface area contributed by atoms with Crippen LogP contribution in [0.4, 0.5) is 17.1 Å². The minimum atomic E-state index is -1.81. The zero-order valence-electron chi connectivity index (χ0n) is 15.3. The summed E-state index contributed by atoms with van der Waals surface area (Å²) in [7, 11) is -1.81. The van der Waals surface area contributed by atoms with Gasteiger partial charge >= 0.3 is 17.1 Å². The SMILES string of the molecule is O=[N+]([O-])c1cc([N+](=O)OS2(CCc3ccccn3)CCCC2)cc([N+](=O)[O-])c1O. The van der Waals surface area contributed by atoms with Crippen molar-refractivity contribution < 1.29 is 24.2 Å². The van der Waals surface area contributed by atoms with Crippen LogP contribution in [0.25, 0.3) is 0 Å². The molecule has 1 fully saturated rings. The lowest BCUT2D eigenvalue weighted by molar-refractivity contribution is -0.696. The van der Waals surface area contributed by atoms with Gasteiger partial charge < -0.3 is 5.11 Å². The normalized spacial score (nSPS) is 16.1. The van der Waals surface area contributed by atoms with Crippen molar-refractivity contribution in [3.8, 4) is 5.75 Å². The fourth-order valence-corrected chi connectivity index (χ4v) is 6.40. The molecule has 1 aromatic carbocycles. The molecule has 0 aliphatic carbocycles. The molecule has 12 heteroatoms. The molecule has 1 aliphatic rings. The minimum absolute atomic E-state index is 0.110. The fourth-order valence-electron chi connectivity index (χ4n) is 3.14. The standard InChI is InChI=1S/C17H18N4O7S/c22-17-15(19(23)24)11-14(12-16(17)20(25)26)21(27)28-29(8-3-4-9-29)10-6-13-5-1-2-7-18-13/h1-2,5,7,11-12H,3-4,6,8-10H2/p+1. The molecule has 1 saturated heterocycles. The molecule has 2 heterocycles. The molecule has 1 aromatic heterocycles. The molecule has 0 unspecified atom stereocenters. The summed E-state index contributed by atoms with van der Waals surface area (Å²) in [5.41, 5.74) is -1.40. The minimum Gasteiger partial charge on any atom is -0.497 e. The molecule has 0 saturated carbocycles. The number of nitro benzene ring substituents is 2. The van der Waals surface area contributed by atoms with Crippen LogP contribution >= 0.6 is 10.3 Å². The molecule has 0 amide bonds. The number of aromatic hydroxyl groups is 1. The summed E-state index contributed by atoms with van der Waals surface area (Å²) >= 11 is 0. The van der Waals surface area contributed by atoms with Crippen LogP contribution in [0.15, 0.2) is 36.5 Å². The highest BCUT2D eigenvalue weighted by atomic mass is 32.3. The summed E-state index contributed by atoms with van der Waals surface area (Å²) in [6.07, 6.45) is 4.07. The van der Waals surface area contributed by atoms with E-state index in [9.17, 15) is 30.2 Å². The summed E-state index contributed by atoms with van der Waals surface area (Å²) in [4.78, 5) is 37.3. The Morgan fingerprint density at radius 2 is 1.69 bits per heavy atom. The lowest BCUT2D eigenvalue weighted by atomic mass is 10.2. The summed E-state index contributed by atoms with van der Waals surface area (Å²) in [6, 6.07) is 7.10. The van der Waals surface area contributed by atoms with Gasteiger partial charge in [-0.25, -0.2) is 0 Å². The number of hydrogen-bond donors (Lipinski definition) is 1. The van der Waals surface area contributed by atoms with Crippen LogP contribution < -0.4 is 0 Å². The van der Waals surface area contributed by atoms with Crippen molar-refractivity contribution in [3.63, 3.8) is 0 Å². The molecule has 3 rings (SSSR count). The first kappa shape index (κ1) is 20.5. The van der Waals surface area contributed by atoms with Gasteiger partial charge in [0.2, 0.25) is 0 Å². The molecule has 0 atom stereocenters. The van der Waals surface area contributed by atoms with Crippen LogP contribution in [-0.2, 0) is 10.7 Å². The van der Waals surface area contributed by atoms with Crippen LogP contribution in [-0.4, -0.2) is 42.1 Å². The number of aryl methyl sites for hydroxylation is 1. The predicted molar refractivity (Wildman–Crippen MR) is 105 cm³/mol. The van der Waals surface area contributed by atoms with Crippen molar-refractivity contribution in [2.75, 3.05) is 17.3 Å². The first-order valence-corrected chi connectivity index (χ1v) is 10.9. The van der Waals surface area contributed by atoms with Crippen molar-refractivity contribution in [3.05, 3.63) is 67.4 Å². The zero-order valence-corrected chi connectivity index (χ0v) is 16.1. The lowest BCUT2D eigenvalue weighted by Gasteiger charge is -2.27. The van der Waals surface area contributed by atoms with Gasteiger partial charge in [0.1, 0.15) is 12.1 Å². The van der Waals surface area contributed by atoms with E-state index in [0.29, 0.717) is 23.7 Å². The van der Waals surface area contributed by atoms with Gasteiger partial charge in [0.25, 0.3) is 10.7 Å². The molecule has 0 spiro atoms. The van der Waals surface area contributed by atoms with Gasteiger partial charge in [-0.15, -0.1) is 0 Å². The summed E-state index contributed by atoms with van der Waals surface area (Å²) in [5.74, 6) is 0.877. The predicted octanol–water partition coefficient (Wildman–Crippen LogP) is 3.70. The second kappa shape index (κ2) is 8.39. The Morgan fingerprint density at radius 1 is 1.07 bits per heavy atom. The maximum atomic E-state index is 12.7. The van der Waals surface area contributed by atoms with Crippen molar-refractivity contribution in [1.29, 1.82) is 0 Å². The highest BCUT2D eigenvalue weighted by Crippen LogP contribution is 2.56. The second-order valence-corrected chi connectivity index (χ2v) is 9.84. The number of phenols is 1. The Bertz CT molecular complexity index is 913. The number of benzene rings is 1. The second-order valence-electron chi connectivity index (χ2n) is 6.53. The van der Waals surface area contributed by atoms with Gasteiger partial charge in [-0.05, 0) is 35.3 Å². The topological polar surface area (TPSA) is 149 Å². The van der Waals surface area contributed by atoms with Crippen molar-refractivity contribution in [1.82, 2.24) is 4.98 Å². The van der Waals surface area contributed by atoms with Gasteiger partial charge in [-0.2, -0.15) is 4.28 Å². The van der Waals surface area contributed by atoms with E-state index in [0.717, 1.165) is 30.7 Å². The van der Waals surface area contributed by atoms with Crippen LogP contribution in [0.1, 0.15) is 18.5 Å². The maximum absolute atomic E-state index is 12.7. The molecule has 2 aromatic rings. The van der Waals surface area contributed by atoms with Crippen molar-refractivity contribution in [2.24, 2.45) is 0 Å². The van der Waals surface area contributed by atoms with Crippen molar-refractivity contribution >= 4 is 27.4 Å². The van der Waals surface area contributed by atoms with Gasteiger partial charge in [0.15, 0.2) is 0 Å². The molecule has 154 valence electrons. The van der Waals surface area contributed by atoms with Gasteiger partial charge in [-0.3, -0.25) is 25.2 Å². The third-order valence-corrected chi connectivity index (χ3v) is 8.09. The van der Waals surface area contributed by atoms with E-state index in [1.54, 1.807) is 6.20 Å². The number of phenolic OH excluding ortho intramolecular Hbond substituents is 1. The van der Waals surface area contributed by atoms with Gasteiger partial charge in [-0.1, -0.05) is 6.07 Å². The van der Waals surface area contributed by atoms with E-state index < -0.39 is 43.0 Å². The first-order chi connectivity index (χ1) is 13.8. The number of hydrogen-bond acceptors (Lipinski definition) is 8. The Hall–Kier alpha value is -3.28. The van der Waals surface area contributed by atoms with E-state index in [4.69, 9.17) is 4.28 Å². The number of aromatic nitrogens is 1. The lowest BCUT2D eigenvalue weighted by Crippen LogP contribution is -2.17. The van der Waals surface area contributed by atoms with E-state index >= 15 is 0 Å². The average Bonchev–Trinajstić information content (AvgIpc) is 3.15. The van der Waals surface area contributed by atoms with E-state index in [1.807, 2.05) is 18.2 Å². The third kappa shape index (κ3) is 4.59. The molecule has 1 N–H and O–H groups in total. The molecular formula is C17H19N4O7S+. The molecule has 1 aliphatic heterocycles. The highest BCUT2D eigenvalue weighted by Gasteiger charge is 2.40. The zero-order chi connectivity index (χ0) is 21.0. The van der Waals surface area contributed by atoms with E-state index in [-0.39, 0.29) is 4.92 Å². The number of pyridine rings is 1. The van der Waals surface area contributed by atoms with E-state index in [2.05, 4.69) is 4.98 Å². The largest absolute Gasteiger partial charge is 0.497 e. The van der Waals surface area contributed by atoms with Crippen LogP contribution in [0.5, 0.6) is 5.75 Å². The number of nitro groups is 2. The monoisotopic (exact) mass is 423 g/mol. The van der Waals surface area contributed by atoms with Gasteiger partial charge in [0, 0.05) is 35.6 Å². The molecular weight excluding hydrogens is 404 g/mol. The smallest absolute Gasteiger partial charge is 0.331 e. The number of rotatable bonds is 8. The number of nitrogens with zero attached hydrogens (tertiary/aromatic N) is 4. The quantitative estimate of drug-likeness (QED) is 0.499. The fraction of sp³-hybridized carbons (Fsp3) is 0.353. The highest BCUT2D eigenvalue weighted by molar-refractivity contribution is 8.29. The summed E-state index contributed by atoms with van der Waals surface area (Å²) in [5, 5.41) is 31.9. The molecule has 11 nitrogen and oxygen atoms in total. The Labute approximate surface area is 166 Å². The van der Waals surface area contributed by atoms with Crippen LogP contribution in [0.3, 0.4) is 0 Å². The first-order valence-electron chi connectivity index (χ1n) is 8.80. The van der Waals surface area contributed by atoms with Crippen LogP contribution in [0.2, 0.25) is 0 Å². The maximum Gasteiger partial charge on any atom is 0.331 e. The molecule has 29 heavy (non-hydrogen) atoms. The van der Waals surface area contributed by atoms with E-state index in [1.165, 1.54) is 0 Å². The van der Waals surface area contributed by atoms with Gasteiger partial charge in [0.05, 0.1) is 14.8 Å². The summed E-state index contributed by atoms with van der Waals surface area (Å²) in [6.45, 7) is 0. The van der Waals surface area contributed by atoms with Crippen LogP contribution in [0, 0.1) is 25.1 Å². The summed E-state index contributed by atoms with van der Waals surface area (Å²) < 4.78 is 5.72. The Balaban J connectivity index is 1.85. The average molecular weight is 423 g/mol. The Kier molecular flexibility index (Phi) is 5.92. The molecule has 0 radical (unpaired) electrons. The molecule has 0 bridgehead atoms.